The lowest BCUT2D eigenvalue weighted by Crippen LogP contribution is -2.46. The van der Waals surface area contributed by atoms with Crippen LogP contribution in [0, 0.1) is 11.3 Å². The van der Waals surface area contributed by atoms with Gasteiger partial charge in [0.2, 0.25) is 5.91 Å². The van der Waals surface area contributed by atoms with E-state index in [0.29, 0.717) is 12.2 Å². The van der Waals surface area contributed by atoms with Gasteiger partial charge in [-0.3, -0.25) is 19.4 Å². The molecule has 2 aromatic rings. The molecule has 0 radical (unpaired) electrons. The fourth-order valence-electron chi connectivity index (χ4n) is 3.77. The van der Waals surface area contributed by atoms with Crippen LogP contribution < -0.4 is 16.8 Å². The number of primary amides is 1. The number of piperidine rings is 1. The molecule has 1 fully saturated rings. The predicted molar refractivity (Wildman–Crippen MR) is 122 cm³/mol. The third-order valence-corrected chi connectivity index (χ3v) is 5.44. The number of rotatable bonds is 5. The van der Waals surface area contributed by atoms with Crippen molar-refractivity contribution in [3.63, 3.8) is 0 Å². The summed E-state index contributed by atoms with van der Waals surface area (Å²) in [6, 6.07) is 8.58. The molecule has 2 heterocycles. The highest BCUT2D eigenvalue weighted by atomic mass is 16.2. The lowest BCUT2D eigenvalue weighted by atomic mass is 9.89. The zero-order valence-electron chi connectivity index (χ0n) is 17.7. The van der Waals surface area contributed by atoms with Crippen molar-refractivity contribution in [2.45, 2.75) is 25.8 Å². The molecule has 0 bridgehead atoms. The number of nitrogens with one attached hydrogen (secondary N) is 2. The minimum absolute atomic E-state index is 0.135. The molecular formula is C23H26N6O3. The summed E-state index contributed by atoms with van der Waals surface area (Å²) in [4.78, 5) is 42.5. The van der Waals surface area contributed by atoms with E-state index in [-0.39, 0.29) is 23.2 Å². The Labute approximate surface area is 186 Å². The smallest absolute Gasteiger partial charge is 0.313 e. The van der Waals surface area contributed by atoms with Crippen LogP contribution in [0.1, 0.15) is 47.3 Å². The van der Waals surface area contributed by atoms with Crippen molar-refractivity contribution < 1.29 is 14.4 Å². The van der Waals surface area contributed by atoms with Gasteiger partial charge in [-0.1, -0.05) is 31.2 Å². The molecule has 1 aromatic carbocycles. The fraction of sp³-hybridized carbons (Fsp3) is 0.261. The number of nitrogens with zero attached hydrogens (tertiary/aromatic N) is 2. The molecule has 32 heavy (non-hydrogen) atoms. The zero-order valence-corrected chi connectivity index (χ0v) is 17.7. The van der Waals surface area contributed by atoms with Gasteiger partial charge in [0.1, 0.15) is 0 Å². The molecule has 0 saturated carbocycles. The Hall–Kier alpha value is -4.01. The molecule has 2 atom stereocenters. The zero-order chi connectivity index (χ0) is 23.3. The molecule has 1 saturated heterocycles. The molecule has 0 aliphatic carbocycles. The summed E-state index contributed by atoms with van der Waals surface area (Å²) in [6.07, 6.45) is 6.91. The highest BCUT2D eigenvalue weighted by molar-refractivity contribution is 6.39. The van der Waals surface area contributed by atoms with E-state index in [1.54, 1.807) is 4.90 Å². The molecule has 3 rings (SSSR count). The first-order valence-electron chi connectivity index (χ1n) is 10.2. The van der Waals surface area contributed by atoms with Gasteiger partial charge in [-0.25, -0.2) is 0 Å². The van der Waals surface area contributed by atoms with Crippen molar-refractivity contribution in [3.05, 3.63) is 65.5 Å². The van der Waals surface area contributed by atoms with Crippen LogP contribution in [0.2, 0.25) is 0 Å². The minimum Gasteiger partial charge on any atom is -0.398 e. The Kier molecular flexibility index (Phi) is 6.99. The average Bonchev–Trinajstić information content (AvgIpc) is 2.79. The van der Waals surface area contributed by atoms with Crippen molar-refractivity contribution in [1.29, 1.82) is 5.41 Å². The lowest BCUT2D eigenvalue weighted by Gasteiger charge is -2.38. The van der Waals surface area contributed by atoms with Crippen LogP contribution in [0.3, 0.4) is 0 Å². The maximum absolute atomic E-state index is 13.1. The number of carbonyl (C=O) groups is 3. The molecule has 6 N–H and O–H groups in total. The van der Waals surface area contributed by atoms with Crippen LogP contribution in [0.25, 0.3) is 5.70 Å². The van der Waals surface area contributed by atoms with Gasteiger partial charge in [0.05, 0.1) is 23.5 Å². The Morgan fingerprint density at radius 2 is 1.84 bits per heavy atom. The summed E-state index contributed by atoms with van der Waals surface area (Å²) in [5.74, 6) is -1.88. The highest BCUT2D eigenvalue weighted by Gasteiger charge is 2.34. The number of aromatic nitrogens is 1. The van der Waals surface area contributed by atoms with Crippen LogP contribution >= 0.6 is 0 Å². The molecule has 1 unspecified atom stereocenters. The van der Waals surface area contributed by atoms with Crippen molar-refractivity contribution in [3.8, 4) is 0 Å². The normalized spacial score (nSPS) is 18.7. The summed E-state index contributed by atoms with van der Waals surface area (Å²) < 4.78 is 0. The third kappa shape index (κ3) is 5.18. The van der Waals surface area contributed by atoms with Gasteiger partial charge in [0.15, 0.2) is 0 Å². The van der Waals surface area contributed by atoms with Crippen LogP contribution in [0.4, 0.5) is 5.69 Å². The Morgan fingerprint density at radius 1 is 1.12 bits per heavy atom. The van der Waals surface area contributed by atoms with Crippen LogP contribution in [-0.2, 0) is 9.59 Å². The molecule has 1 aromatic heterocycles. The number of amides is 3. The van der Waals surface area contributed by atoms with Gasteiger partial charge in [-0.05, 0) is 42.0 Å². The molecule has 166 valence electrons. The molecule has 1 aliphatic heterocycles. The third-order valence-electron chi connectivity index (χ3n) is 5.44. The number of pyridine rings is 1. The second-order valence-corrected chi connectivity index (χ2v) is 7.85. The molecule has 1 aliphatic rings. The number of hydrogen-bond acceptors (Lipinski definition) is 6. The molecular weight excluding hydrogens is 408 g/mol. The molecule has 0 spiro atoms. The summed E-state index contributed by atoms with van der Waals surface area (Å²) in [5, 5.41) is 9.65. The summed E-state index contributed by atoms with van der Waals surface area (Å²) in [5.41, 5.74) is 13.7. The average molecular weight is 435 g/mol. The van der Waals surface area contributed by atoms with E-state index in [1.807, 2.05) is 31.2 Å². The standard InChI is InChI=1S/C23H26N6O3/c1-14-2-7-20(16-5-3-15(4-6-16)19(25)8-9-24)29(13-14)23(32)22(31)28-18-10-17(21(26)30)11-27-12-18/h3-6,8-12,14,20,24H,2,7,13,25H2,1H3,(H2,26,30)(H,28,31)/t14-,20?/m0/s1. The maximum Gasteiger partial charge on any atom is 0.313 e. The summed E-state index contributed by atoms with van der Waals surface area (Å²) in [6.45, 7) is 2.49. The van der Waals surface area contributed by atoms with Gasteiger partial charge in [0.25, 0.3) is 0 Å². The number of allylic oxidation sites excluding steroid dienone is 1. The van der Waals surface area contributed by atoms with Crippen LogP contribution in [-0.4, -0.2) is 40.4 Å². The number of anilines is 1. The first-order chi connectivity index (χ1) is 15.3. The van der Waals surface area contributed by atoms with Gasteiger partial charge >= 0.3 is 11.8 Å². The molecule has 3 amide bonds. The Balaban J connectivity index is 1.80. The highest BCUT2D eigenvalue weighted by Crippen LogP contribution is 2.34. The summed E-state index contributed by atoms with van der Waals surface area (Å²) >= 11 is 0. The summed E-state index contributed by atoms with van der Waals surface area (Å²) in [7, 11) is 0. The Morgan fingerprint density at radius 3 is 2.50 bits per heavy atom. The largest absolute Gasteiger partial charge is 0.398 e. The van der Waals surface area contributed by atoms with Crippen molar-refractivity contribution in [2.24, 2.45) is 17.4 Å². The van der Waals surface area contributed by atoms with Gasteiger partial charge in [0, 0.05) is 24.7 Å². The van der Waals surface area contributed by atoms with Crippen LogP contribution in [0.15, 0.2) is 48.8 Å². The monoisotopic (exact) mass is 434 g/mol. The predicted octanol–water partition coefficient (Wildman–Crippen LogP) is 2.07. The van der Waals surface area contributed by atoms with Crippen LogP contribution in [0.5, 0.6) is 0 Å². The van der Waals surface area contributed by atoms with E-state index in [4.69, 9.17) is 16.9 Å². The van der Waals surface area contributed by atoms with E-state index >= 15 is 0 Å². The second kappa shape index (κ2) is 9.86. The number of hydrogen-bond donors (Lipinski definition) is 4. The van der Waals surface area contributed by atoms with Gasteiger partial charge in [-0.2, -0.15) is 0 Å². The minimum atomic E-state index is -0.803. The second-order valence-electron chi connectivity index (χ2n) is 7.85. The molecule has 9 nitrogen and oxygen atoms in total. The van der Waals surface area contributed by atoms with E-state index in [1.165, 1.54) is 24.5 Å². The first kappa shape index (κ1) is 22.7. The fourth-order valence-corrected chi connectivity index (χ4v) is 3.77. The number of benzene rings is 1. The number of carbonyl (C=O) groups excluding carboxylic acids is 3. The number of likely N-dealkylation sites (tertiary alicyclic amines) is 1. The van der Waals surface area contributed by atoms with E-state index in [2.05, 4.69) is 10.3 Å². The molecule has 9 heteroatoms. The quantitative estimate of drug-likeness (QED) is 0.419. The van der Waals surface area contributed by atoms with Crippen molar-refractivity contribution in [1.82, 2.24) is 9.88 Å². The number of nitrogens with two attached hydrogens (primary N) is 2. The van der Waals surface area contributed by atoms with E-state index < -0.39 is 17.7 Å². The topological polar surface area (TPSA) is 155 Å². The first-order valence-corrected chi connectivity index (χ1v) is 10.2. The SMILES string of the molecule is C[C@H]1CCC(c2ccc(C(N)=CC=N)cc2)N(C(=O)C(=O)Nc2cncc(C(N)=O)c2)C1. The van der Waals surface area contributed by atoms with Gasteiger partial charge in [-0.15, -0.1) is 0 Å². The van der Waals surface area contributed by atoms with E-state index in [0.717, 1.165) is 30.2 Å². The van der Waals surface area contributed by atoms with E-state index in [9.17, 15) is 14.4 Å². The lowest BCUT2D eigenvalue weighted by molar-refractivity contribution is -0.146. The maximum atomic E-state index is 13.1. The Bertz CT molecular complexity index is 1060. The van der Waals surface area contributed by atoms with Gasteiger partial charge < -0.3 is 27.1 Å². The van der Waals surface area contributed by atoms with Crippen molar-refractivity contribution >= 4 is 35.3 Å². The van der Waals surface area contributed by atoms with Crippen molar-refractivity contribution in [2.75, 3.05) is 11.9 Å².